The normalized spacial score (nSPS) is 11.3. The second-order valence-electron chi connectivity index (χ2n) is 6.54. The lowest BCUT2D eigenvalue weighted by molar-refractivity contribution is 0.102. The summed E-state index contributed by atoms with van der Waals surface area (Å²) >= 11 is 7.40. The number of hydrogen-bond acceptors (Lipinski definition) is 6. The van der Waals surface area contributed by atoms with E-state index < -0.39 is 21.7 Å². The zero-order chi connectivity index (χ0) is 22.9. The highest BCUT2D eigenvalue weighted by Gasteiger charge is 2.17. The summed E-state index contributed by atoms with van der Waals surface area (Å²) in [6.07, 6.45) is 0. The quantitative estimate of drug-likeness (QED) is 0.388. The van der Waals surface area contributed by atoms with Crippen LogP contribution in [0.3, 0.4) is 0 Å². The van der Waals surface area contributed by atoms with Gasteiger partial charge in [-0.3, -0.25) is 14.8 Å². The Labute approximate surface area is 191 Å². The molecule has 2 N–H and O–H groups in total. The van der Waals surface area contributed by atoms with Gasteiger partial charge in [-0.05, 0) is 54.6 Å². The molecule has 0 unspecified atom stereocenters. The highest BCUT2D eigenvalue weighted by atomic mass is 35.5. The van der Waals surface area contributed by atoms with Crippen LogP contribution in [0.15, 0.2) is 65.6 Å². The molecule has 0 aliphatic rings. The Morgan fingerprint density at radius 2 is 1.88 bits per heavy atom. The Hall–Kier alpha value is -3.21. The van der Waals surface area contributed by atoms with Gasteiger partial charge in [0.15, 0.2) is 5.13 Å². The fraction of sp³-hybridized carbons (Fsp3) is 0.0476. The summed E-state index contributed by atoms with van der Waals surface area (Å²) in [5.41, 5.74) is 0.915. The lowest BCUT2D eigenvalue weighted by Gasteiger charge is -2.09. The largest absolute Gasteiger partial charge is 0.494 e. The first-order valence-electron chi connectivity index (χ1n) is 9.09. The third-order valence-corrected chi connectivity index (χ3v) is 7.23. The number of nitrogens with one attached hydrogen (secondary N) is 2. The van der Waals surface area contributed by atoms with Gasteiger partial charge in [-0.15, -0.1) is 0 Å². The molecule has 7 nitrogen and oxygen atoms in total. The first-order chi connectivity index (χ1) is 15.3. The number of rotatable bonds is 6. The summed E-state index contributed by atoms with van der Waals surface area (Å²) < 4.78 is 46.4. The van der Waals surface area contributed by atoms with Gasteiger partial charge in [0.05, 0.1) is 21.7 Å². The minimum Gasteiger partial charge on any atom is -0.494 e. The molecular weight excluding hydrogens is 477 g/mol. The van der Waals surface area contributed by atoms with E-state index in [-0.39, 0.29) is 16.1 Å². The molecule has 0 atom stereocenters. The van der Waals surface area contributed by atoms with Gasteiger partial charge < -0.3 is 4.74 Å². The maximum atomic E-state index is 13.1. The van der Waals surface area contributed by atoms with E-state index in [0.29, 0.717) is 26.1 Å². The molecule has 0 aliphatic carbocycles. The van der Waals surface area contributed by atoms with Crippen LogP contribution < -0.4 is 14.8 Å². The number of benzene rings is 3. The van der Waals surface area contributed by atoms with Gasteiger partial charge in [0, 0.05) is 11.3 Å². The van der Waals surface area contributed by atoms with Gasteiger partial charge in [-0.25, -0.2) is 17.8 Å². The van der Waals surface area contributed by atoms with Crippen molar-refractivity contribution in [3.05, 3.63) is 77.1 Å². The lowest BCUT2D eigenvalue weighted by atomic mass is 10.2. The molecular formula is C21H15ClFN3O4S2. The highest BCUT2D eigenvalue weighted by Crippen LogP contribution is 2.37. The first kappa shape index (κ1) is 22.0. The van der Waals surface area contributed by atoms with E-state index in [1.807, 2.05) is 0 Å². The average Bonchev–Trinajstić information content (AvgIpc) is 3.19. The molecule has 11 heteroatoms. The molecule has 0 saturated heterocycles. The minimum atomic E-state index is -3.95. The molecule has 1 heterocycles. The molecule has 3 aromatic carbocycles. The number of halogens is 2. The Morgan fingerprint density at radius 3 is 2.59 bits per heavy atom. The molecule has 4 aromatic rings. The summed E-state index contributed by atoms with van der Waals surface area (Å²) in [7, 11) is -2.44. The number of hydrogen-bond donors (Lipinski definition) is 2. The van der Waals surface area contributed by atoms with Crippen molar-refractivity contribution in [2.45, 2.75) is 4.90 Å². The van der Waals surface area contributed by atoms with Crippen LogP contribution in [0.5, 0.6) is 5.75 Å². The number of anilines is 2. The van der Waals surface area contributed by atoms with Gasteiger partial charge in [-0.2, -0.15) is 0 Å². The standard InChI is InChI=1S/C21H15ClFN3O4S2/c1-30-17-10-9-16(22)19-18(17)24-21(31-19)25-20(27)12-3-2-4-14(11-12)26-32(28,29)15-7-5-13(23)6-8-15/h2-11,26H,1H3,(H,24,25,27). The molecule has 1 amide bonds. The van der Waals surface area contributed by atoms with Crippen LogP contribution in [0.4, 0.5) is 15.2 Å². The summed E-state index contributed by atoms with van der Waals surface area (Å²) in [6, 6.07) is 13.7. The second-order valence-corrected chi connectivity index (χ2v) is 9.63. The fourth-order valence-corrected chi connectivity index (χ4v) is 5.09. The number of aromatic nitrogens is 1. The predicted octanol–water partition coefficient (Wildman–Crippen LogP) is 5.15. The summed E-state index contributed by atoms with van der Waals surface area (Å²) in [5.74, 6) is -0.503. The van der Waals surface area contributed by atoms with Gasteiger partial charge in [0.1, 0.15) is 17.1 Å². The van der Waals surface area contributed by atoms with Crippen molar-refractivity contribution in [1.29, 1.82) is 0 Å². The van der Waals surface area contributed by atoms with Crippen molar-refractivity contribution >= 4 is 59.9 Å². The zero-order valence-corrected chi connectivity index (χ0v) is 18.8. The molecule has 164 valence electrons. The SMILES string of the molecule is COc1ccc(Cl)c2sc(NC(=O)c3cccc(NS(=O)(=O)c4ccc(F)cc4)c3)nc12. The highest BCUT2D eigenvalue weighted by molar-refractivity contribution is 7.92. The van der Waals surface area contributed by atoms with E-state index in [4.69, 9.17) is 16.3 Å². The zero-order valence-electron chi connectivity index (χ0n) is 16.4. The number of sulfonamides is 1. The Morgan fingerprint density at radius 1 is 1.12 bits per heavy atom. The fourth-order valence-electron chi connectivity index (χ4n) is 2.89. The van der Waals surface area contributed by atoms with Gasteiger partial charge in [0.2, 0.25) is 0 Å². The maximum Gasteiger partial charge on any atom is 0.261 e. The third-order valence-electron chi connectivity index (χ3n) is 4.40. The van der Waals surface area contributed by atoms with Gasteiger partial charge in [-0.1, -0.05) is 29.0 Å². The molecule has 0 bridgehead atoms. The lowest BCUT2D eigenvalue weighted by Crippen LogP contribution is -2.15. The number of carbonyl (C=O) groups is 1. The third kappa shape index (κ3) is 4.52. The Kier molecular flexibility index (Phi) is 6.00. The van der Waals surface area contributed by atoms with E-state index in [1.165, 1.54) is 42.7 Å². The molecule has 0 radical (unpaired) electrons. The molecule has 0 saturated carbocycles. The van der Waals surface area contributed by atoms with Crippen LogP contribution in [0, 0.1) is 5.82 Å². The van der Waals surface area contributed by atoms with Crippen molar-refractivity contribution in [1.82, 2.24) is 4.98 Å². The molecule has 0 spiro atoms. The van der Waals surface area contributed by atoms with Crippen molar-refractivity contribution in [3.63, 3.8) is 0 Å². The van der Waals surface area contributed by atoms with Crippen LogP contribution in [0.25, 0.3) is 10.2 Å². The maximum absolute atomic E-state index is 13.1. The Balaban J connectivity index is 1.56. The predicted molar refractivity (Wildman–Crippen MR) is 123 cm³/mol. The topological polar surface area (TPSA) is 97.4 Å². The Bertz CT molecular complexity index is 1420. The van der Waals surface area contributed by atoms with Crippen molar-refractivity contribution in [2.24, 2.45) is 0 Å². The molecule has 1 aromatic heterocycles. The number of ether oxygens (including phenoxy) is 1. The van der Waals surface area contributed by atoms with Crippen LogP contribution in [0.1, 0.15) is 10.4 Å². The second kappa shape index (κ2) is 8.73. The number of nitrogens with zero attached hydrogens (tertiary/aromatic N) is 1. The molecule has 4 rings (SSSR count). The number of amides is 1. The van der Waals surface area contributed by atoms with Crippen LogP contribution in [-0.2, 0) is 10.0 Å². The number of thiazole rings is 1. The average molecular weight is 492 g/mol. The molecule has 0 aliphatic heterocycles. The van der Waals surface area contributed by atoms with Crippen LogP contribution in [0.2, 0.25) is 5.02 Å². The monoisotopic (exact) mass is 491 g/mol. The van der Waals surface area contributed by atoms with E-state index in [1.54, 1.807) is 12.1 Å². The van der Waals surface area contributed by atoms with E-state index in [9.17, 15) is 17.6 Å². The van der Waals surface area contributed by atoms with E-state index >= 15 is 0 Å². The molecule has 0 fully saturated rings. The number of methoxy groups -OCH3 is 1. The number of carbonyl (C=O) groups excluding carboxylic acids is 1. The van der Waals surface area contributed by atoms with Crippen LogP contribution >= 0.6 is 22.9 Å². The smallest absolute Gasteiger partial charge is 0.261 e. The van der Waals surface area contributed by atoms with Crippen molar-refractivity contribution in [3.8, 4) is 5.75 Å². The summed E-state index contributed by atoms with van der Waals surface area (Å²) in [4.78, 5) is 17.0. The minimum absolute atomic E-state index is 0.103. The van der Waals surface area contributed by atoms with Gasteiger partial charge in [0.25, 0.3) is 15.9 Å². The van der Waals surface area contributed by atoms with Crippen molar-refractivity contribution < 1.29 is 22.3 Å². The number of fused-ring (bicyclic) bond motifs is 1. The van der Waals surface area contributed by atoms with E-state index in [2.05, 4.69) is 15.0 Å². The van der Waals surface area contributed by atoms with Crippen molar-refractivity contribution in [2.75, 3.05) is 17.1 Å². The van der Waals surface area contributed by atoms with Crippen LogP contribution in [-0.4, -0.2) is 26.4 Å². The van der Waals surface area contributed by atoms with Gasteiger partial charge >= 0.3 is 0 Å². The molecule has 32 heavy (non-hydrogen) atoms. The summed E-state index contributed by atoms with van der Waals surface area (Å²) in [6.45, 7) is 0. The van der Waals surface area contributed by atoms with E-state index in [0.717, 1.165) is 24.3 Å². The summed E-state index contributed by atoms with van der Waals surface area (Å²) in [5, 5.41) is 3.49. The first-order valence-corrected chi connectivity index (χ1v) is 11.8.